The Kier molecular flexibility index (Phi) is 6.26. The number of aromatic nitrogens is 2. The first kappa shape index (κ1) is 18.7. The van der Waals surface area contributed by atoms with Gasteiger partial charge in [-0.05, 0) is 24.5 Å². The number of amides is 2. The van der Waals surface area contributed by atoms with Crippen molar-refractivity contribution in [1.82, 2.24) is 20.0 Å². The van der Waals surface area contributed by atoms with Crippen LogP contribution in [-0.2, 0) is 13.0 Å². The smallest absolute Gasteiger partial charge is 0.317 e. The van der Waals surface area contributed by atoms with Crippen LogP contribution in [0, 0.1) is 0 Å². The van der Waals surface area contributed by atoms with Gasteiger partial charge in [0.2, 0.25) is 0 Å². The van der Waals surface area contributed by atoms with Gasteiger partial charge in [-0.25, -0.2) is 4.79 Å². The van der Waals surface area contributed by atoms with E-state index in [1.54, 1.807) is 4.90 Å². The number of rotatable bonds is 7. The van der Waals surface area contributed by atoms with Crippen LogP contribution in [0.5, 0.6) is 0 Å². The molecule has 0 unspecified atom stereocenters. The number of nitrogens with zero attached hydrogens (tertiary/aromatic N) is 3. The summed E-state index contributed by atoms with van der Waals surface area (Å²) in [6.45, 7) is 3.38. The summed E-state index contributed by atoms with van der Waals surface area (Å²) in [6, 6.07) is 20.2. The summed E-state index contributed by atoms with van der Waals surface area (Å²) in [7, 11) is 1.82. The minimum Gasteiger partial charge on any atom is -0.331 e. The van der Waals surface area contributed by atoms with Crippen molar-refractivity contribution in [3.05, 3.63) is 89.7 Å². The zero-order valence-electron chi connectivity index (χ0n) is 15.9. The number of hydrogen-bond acceptors (Lipinski definition) is 2. The number of urea groups is 1. The van der Waals surface area contributed by atoms with Gasteiger partial charge in [-0.15, -0.1) is 0 Å². The maximum atomic E-state index is 12.4. The summed E-state index contributed by atoms with van der Waals surface area (Å²) in [5.74, 6) is 0. The topological polar surface area (TPSA) is 50.2 Å². The van der Waals surface area contributed by atoms with Crippen LogP contribution in [0.2, 0.25) is 0 Å². The molecule has 1 aromatic heterocycles. The summed E-state index contributed by atoms with van der Waals surface area (Å²) >= 11 is 0. The fourth-order valence-electron chi connectivity index (χ4n) is 2.88. The van der Waals surface area contributed by atoms with Crippen molar-refractivity contribution in [1.29, 1.82) is 0 Å². The largest absolute Gasteiger partial charge is 0.331 e. The monoisotopic (exact) mass is 362 g/mol. The van der Waals surface area contributed by atoms with Crippen molar-refractivity contribution in [2.75, 3.05) is 13.6 Å². The van der Waals surface area contributed by atoms with Crippen LogP contribution < -0.4 is 5.32 Å². The Hall–Kier alpha value is -3.08. The molecule has 3 rings (SSSR count). The first-order chi connectivity index (χ1) is 13.1. The van der Waals surface area contributed by atoms with Gasteiger partial charge in [-0.2, -0.15) is 5.10 Å². The number of nitrogens with one attached hydrogen (secondary N) is 1. The number of carbonyl (C=O) groups excluding carboxylic acids is 1. The van der Waals surface area contributed by atoms with E-state index in [-0.39, 0.29) is 12.1 Å². The molecule has 0 radical (unpaired) electrons. The van der Waals surface area contributed by atoms with Gasteiger partial charge in [0.1, 0.15) is 0 Å². The number of hydrogen-bond donors (Lipinski definition) is 1. The maximum absolute atomic E-state index is 12.4. The number of carbonyl (C=O) groups is 1. The second-order valence-corrected chi connectivity index (χ2v) is 6.79. The highest BCUT2D eigenvalue weighted by Gasteiger charge is 2.14. The number of benzene rings is 2. The third-order valence-electron chi connectivity index (χ3n) is 4.61. The second-order valence-electron chi connectivity index (χ2n) is 6.79. The van der Waals surface area contributed by atoms with Crippen molar-refractivity contribution in [2.24, 2.45) is 0 Å². The van der Waals surface area contributed by atoms with E-state index in [1.165, 1.54) is 11.1 Å². The van der Waals surface area contributed by atoms with E-state index in [1.807, 2.05) is 67.4 Å². The zero-order chi connectivity index (χ0) is 19.1. The van der Waals surface area contributed by atoms with E-state index in [0.717, 1.165) is 18.5 Å². The maximum Gasteiger partial charge on any atom is 0.317 e. The third kappa shape index (κ3) is 5.45. The molecule has 0 spiro atoms. The molecule has 140 valence electrons. The molecule has 0 fully saturated rings. The van der Waals surface area contributed by atoms with Crippen molar-refractivity contribution in [2.45, 2.75) is 25.9 Å². The van der Waals surface area contributed by atoms with Crippen LogP contribution in [0.3, 0.4) is 0 Å². The fraction of sp³-hybridized carbons (Fsp3) is 0.273. The highest BCUT2D eigenvalue weighted by molar-refractivity contribution is 5.74. The Balaban J connectivity index is 1.50. The molecule has 5 heteroatoms. The molecule has 2 amide bonds. The van der Waals surface area contributed by atoms with Crippen LogP contribution >= 0.6 is 0 Å². The highest BCUT2D eigenvalue weighted by Crippen LogP contribution is 2.13. The molecular weight excluding hydrogens is 336 g/mol. The molecule has 0 saturated heterocycles. The minimum absolute atomic E-state index is 0.0748. The van der Waals surface area contributed by atoms with Gasteiger partial charge in [0.25, 0.3) is 0 Å². The lowest BCUT2D eigenvalue weighted by Crippen LogP contribution is -2.39. The van der Waals surface area contributed by atoms with Gasteiger partial charge in [-0.1, -0.05) is 60.7 Å². The predicted molar refractivity (Wildman–Crippen MR) is 107 cm³/mol. The molecule has 1 heterocycles. The van der Waals surface area contributed by atoms with Crippen LogP contribution in [0.1, 0.15) is 29.7 Å². The first-order valence-corrected chi connectivity index (χ1v) is 9.23. The minimum atomic E-state index is -0.0961. The van der Waals surface area contributed by atoms with E-state index in [2.05, 4.69) is 34.7 Å². The summed E-state index contributed by atoms with van der Waals surface area (Å²) in [6.07, 6.45) is 4.65. The molecule has 0 aliphatic rings. The molecule has 3 aromatic rings. The van der Waals surface area contributed by atoms with Crippen molar-refractivity contribution >= 4 is 6.03 Å². The predicted octanol–water partition coefficient (Wildman–Crippen LogP) is 3.88. The van der Waals surface area contributed by atoms with E-state index in [0.29, 0.717) is 6.54 Å². The van der Waals surface area contributed by atoms with E-state index < -0.39 is 0 Å². The normalized spacial score (nSPS) is 11.8. The Morgan fingerprint density at radius 2 is 1.70 bits per heavy atom. The van der Waals surface area contributed by atoms with Crippen LogP contribution in [0.15, 0.2) is 73.1 Å². The van der Waals surface area contributed by atoms with Gasteiger partial charge >= 0.3 is 6.03 Å². The molecule has 2 aromatic carbocycles. The molecule has 1 atom stereocenters. The number of likely N-dealkylation sites (N-methyl/N-ethyl adjacent to an activating group) is 1. The van der Waals surface area contributed by atoms with Crippen LogP contribution in [0.4, 0.5) is 4.79 Å². The molecule has 27 heavy (non-hydrogen) atoms. The molecule has 0 aliphatic heterocycles. The molecule has 1 N–H and O–H groups in total. The lowest BCUT2D eigenvalue weighted by Gasteiger charge is -2.21. The second kappa shape index (κ2) is 9.03. The average Bonchev–Trinajstić information content (AvgIpc) is 3.16. The Bertz CT molecular complexity index is 845. The lowest BCUT2D eigenvalue weighted by molar-refractivity contribution is 0.206. The van der Waals surface area contributed by atoms with Gasteiger partial charge in [-0.3, -0.25) is 4.68 Å². The standard InChI is InChI=1S/C22H26N4O/c1-18(21-15-23-26(17-21)16-20-11-7-4-8-12-20)24-22(27)25(2)14-13-19-9-5-3-6-10-19/h3-12,15,17-18H,13-14,16H2,1-2H3,(H,24,27)/t18-/m1/s1. The van der Waals surface area contributed by atoms with Gasteiger partial charge in [0, 0.05) is 25.4 Å². The van der Waals surface area contributed by atoms with Crippen LogP contribution in [0.25, 0.3) is 0 Å². The molecular formula is C22H26N4O. The summed E-state index contributed by atoms with van der Waals surface area (Å²) in [5.41, 5.74) is 3.42. The average molecular weight is 362 g/mol. The third-order valence-corrected chi connectivity index (χ3v) is 4.61. The fourth-order valence-corrected chi connectivity index (χ4v) is 2.88. The van der Waals surface area contributed by atoms with Crippen molar-refractivity contribution in [3.8, 4) is 0 Å². The van der Waals surface area contributed by atoms with E-state index >= 15 is 0 Å². The summed E-state index contributed by atoms with van der Waals surface area (Å²) in [5, 5.41) is 7.46. The SMILES string of the molecule is C[C@@H](NC(=O)N(C)CCc1ccccc1)c1cnn(Cc2ccccc2)c1. The Labute approximate surface area is 160 Å². The molecule has 0 bridgehead atoms. The van der Waals surface area contributed by atoms with E-state index in [4.69, 9.17) is 0 Å². The first-order valence-electron chi connectivity index (χ1n) is 9.23. The quantitative estimate of drug-likeness (QED) is 0.693. The van der Waals surface area contributed by atoms with Crippen molar-refractivity contribution in [3.63, 3.8) is 0 Å². The van der Waals surface area contributed by atoms with Gasteiger partial charge in [0.15, 0.2) is 0 Å². The van der Waals surface area contributed by atoms with Crippen molar-refractivity contribution < 1.29 is 4.79 Å². The lowest BCUT2D eigenvalue weighted by atomic mass is 10.1. The Morgan fingerprint density at radius 1 is 1.07 bits per heavy atom. The van der Waals surface area contributed by atoms with Gasteiger partial charge in [0.05, 0.1) is 18.8 Å². The molecule has 5 nitrogen and oxygen atoms in total. The molecule has 0 saturated carbocycles. The summed E-state index contributed by atoms with van der Waals surface area (Å²) < 4.78 is 1.90. The van der Waals surface area contributed by atoms with Gasteiger partial charge < -0.3 is 10.2 Å². The van der Waals surface area contributed by atoms with E-state index in [9.17, 15) is 4.79 Å². The highest BCUT2D eigenvalue weighted by atomic mass is 16.2. The summed E-state index contributed by atoms with van der Waals surface area (Å²) in [4.78, 5) is 14.2. The zero-order valence-corrected chi connectivity index (χ0v) is 15.9. The molecule has 0 aliphatic carbocycles. The Morgan fingerprint density at radius 3 is 2.37 bits per heavy atom. The van der Waals surface area contributed by atoms with Crippen LogP contribution in [-0.4, -0.2) is 34.3 Å².